The molecule has 0 aliphatic carbocycles. The van der Waals surface area contributed by atoms with Crippen LogP contribution in [-0.2, 0) is 0 Å². The van der Waals surface area contributed by atoms with E-state index in [2.05, 4.69) is 25.3 Å². The van der Waals surface area contributed by atoms with Crippen LogP contribution in [0, 0.1) is 5.82 Å². The highest BCUT2D eigenvalue weighted by atomic mass is 28.3. The second kappa shape index (κ2) is 5.94. The first-order valence-electron chi connectivity index (χ1n) is 5.68. The van der Waals surface area contributed by atoms with Crippen molar-refractivity contribution in [1.82, 2.24) is 0 Å². The van der Waals surface area contributed by atoms with Crippen LogP contribution in [0.1, 0.15) is 5.56 Å². The zero-order chi connectivity index (χ0) is 12.9. The molecule has 0 saturated heterocycles. The molecule has 0 aliphatic heterocycles. The summed E-state index contributed by atoms with van der Waals surface area (Å²) in [7, 11) is -1.27. The van der Waals surface area contributed by atoms with E-state index in [1.165, 1.54) is 12.1 Å². The van der Waals surface area contributed by atoms with Crippen molar-refractivity contribution in [3.8, 4) is 0 Å². The van der Waals surface area contributed by atoms with Crippen molar-refractivity contribution < 1.29 is 9.50 Å². The molecule has 1 aromatic carbocycles. The Bertz CT molecular complexity index is 413. The summed E-state index contributed by atoms with van der Waals surface area (Å²) in [6, 6.07) is 6.32. The second-order valence-corrected chi connectivity index (χ2v) is 10.1. The molecule has 0 amide bonds. The Hall–Kier alpha value is -1.19. The molecule has 0 fully saturated rings. The van der Waals surface area contributed by atoms with Gasteiger partial charge >= 0.3 is 0 Å². The van der Waals surface area contributed by atoms with Crippen molar-refractivity contribution in [3.63, 3.8) is 0 Å². The predicted molar refractivity (Wildman–Crippen MR) is 73.9 cm³/mol. The van der Waals surface area contributed by atoms with Crippen LogP contribution >= 0.6 is 0 Å². The minimum atomic E-state index is -1.27. The number of rotatable bonds is 4. The smallest absolute Gasteiger partial charge is 0.123 e. The van der Waals surface area contributed by atoms with Crippen molar-refractivity contribution in [1.29, 1.82) is 0 Å². The molecular weight excluding hydrogens is 231 g/mol. The Morgan fingerprint density at radius 1 is 1.24 bits per heavy atom. The second-order valence-electron chi connectivity index (χ2n) is 5.05. The number of halogens is 1. The zero-order valence-electron chi connectivity index (χ0n) is 10.6. The lowest BCUT2D eigenvalue weighted by Crippen LogP contribution is -2.15. The summed E-state index contributed by atoms with van der Waals surface area (Å²) >= 11 is 0. The number of benzene rings is 1. The van der Waals surface area contributed by atoms with Crippen LogP contribution in [0.2, 0.25) is 19.6 Å². The Kier molecular flexibility index (Phi) is 4.84. The van der Waals surface area contributed by atoms with Gasteiger partial charge in [-0.1, -0.05) is 49.6 Å². The molecule has 0 bridgehead atoms. The molecule has 1 N–H and O–H groups in total. The standard InChI is InChI=1S/C14H19FOSi/c1-17(2,3)11-9-13(8-10-16)12-4-6-14(15)7-5-12/h4-9,11,16H,10H2,1-3H3/b11-9+,13-8-. The minimum absolute atomic E-state index is 0.0112. The number of hydrogen-bond acceptors (Lipinski definition) is 1. The van der Waals surface area contributed by atoms with Crippen LogP contribution in [0.25, 0.3) is 5.57 Å². The van der Waals surface area contributed by atoms with Gasteiger partial charge in [-0.15, -0.1) is 0 Å². The molecule has 0 radical (unpaired) electrons. The van der Waals surface area contributed by atoms with Crippen molar-refractivity contribution in [3.05, 3.63) is 53.5 Å². The summed E-state index contributed by atoms with van der Waals surface area (Å²) in [6.45, 7) is 6.71. The van der Waals surface area contributed by atoms with Gasteiger partial charge in [0.25, 0.3) is 0 Å². The van der Waals surface area contributed by atoms with Crippen LogP contribution < -0.4 is 0 Å². The monoisotopic (exact) mass is 250 g/mol. The van der Waals surface area contributed by atoms with Crippen LogP contribution in [0.4, 0.5) is 4.39 Å². The van der Waals surface area contributed by atoms with Crippen LogP contribution in [0.15, 0.2) is 42.1 Å². The number of aliphatic hydroxyl groups excluding tert-OH is 1. The van der Waals surface area contributed by atoms with E-state index >= 15 is 0 Å². The first kappa shape index (κ1) is 13.9. The van der Waals surface area contributed by atoms with Gasteiger partial charge in [0, 0.05) is 0 Å². The quantitative estimate of drug-likeness (QED) is 0.639. The Labute approximate surface area is 103 Å². The van der Waals surface area contributed by atoms with E-state index in [0.717, 1.165) is 11.1 Å². The topological polar surface area (TPSA) is 20.2 Å². The van der Waals surface area contributed by atoms with Gasteiger partial charge in [0.05, 0.1) is 14.7 Å². The Balaban J connectivity index is 2.99. The lowest BCUT2D eigenvalue weighted by Gasteiger charge is -2.10. The van der Waals surface area contributed by atoms with Gasteiger partial charge in [-0.05, 0) is 23.3 Å². The summed E-state index contributed by atoms with van der Waals surface area (Å²) in [5.74, 6) is -0.244. The van der Waals surface area contributed by atoms with E-state index in [1.807, 2.05) is 6.08 Å². The van der Waals surface area contributed by atoms with Crippen molar-refractivity contribution >= 4 is 13.6 Å². The fraction of sp³-hybridized carbons (Fsp3) is 0.286. The van der Waals surface area contributed by atoms with Gasteiger partial charge < -0.3 is 5.11 Å². The maximum atomic E-state index is 12.8. The molecule has 17 heavy (non-hydrogen) atoms. The maximum Gasteiger partial charge on any atom is 0.123 e. The molecule has 0 spiro atoms. The van der Waals surface area contributed by atoms with Crippen LogP contribution in [0.3, 0.4) is 0 Å². The highest BCUT2D eigenvalue weighted by Crippen LogP contribution is 2.17. The van der Waals surface area contributed by atoms with E-state index in [9.17, 15) is 4.39 Å². The van der Waals surface area contributed by atoms with E-state index in [-0.39, 0.29) is 12.4 Å². The van der Waals surface area contributed by atoms with Gasteiger partial charge in [0.15, 0.2) is 0 Å². The maximum absolute atomic E-state index is 12.8. The van der Waals surface area contributed by atoms with E-state index < -0.39 is 8.07 Å². The number of allylic oxidation sites excluding steroid dienone is 2. The van der Waals surface area contributed by atoms with Gasteiger partial charge in [-0.2, -0.15) is 0 Å². The minimum Gasteiger partial charge on any atom is -0.392 e. The van der Waals surface area contributed by atoms with E-state index in [4.69, 9.17) is 5.11 Å². The lowest BCUT2D eigenvalue weighted by atomic mass is 10.1. The third-order valence-electron chi connectivity index (χ3n) is 2.25. The van der Waals surface area contributed by atoms with Crippen molar-refractivity contribution in [2.45, 2.75) is 19.6 Å². The first-order chi connectivity index (χ1) is 7.92. The number of aliphatic hydroxyl groups is 1. The molecular formula is C14H19FOSi. The van der Waals surface area contributed by atoms with Gasteiger partial charge in [0.2, 0.25) is 0 Å². The molecule has 1 nitrogen and oxygen atoms in total. The first-order valence-corrected chi connectivity index (χ1v) is 9.26. The van der Waals surface area contributed by atoms with Crippen LogP contribution in [0.5, 0.6) is 0 Å². The highest BCUT2D eigenvalue weighted by molar-refractivity contribution is 6.81. The summed E-state index contributed by atoms with van der Waals surface area (Å²) < 4.78 is 12.8. The average molecular weight is 250 g/mol. The zero-order valence-corrected chi connectivity index (χ0v) is 11.6. The van der Waals surface area contributed by atoms with E-state index in [1.54, 1.807) is 18.2 Å². The lowest BCUT2D eigenvalue weighted by molar-refractivity contribution is 0.343. The fourth-order valence-corrected chi connectivity index (χ4v) is 2.04. The molecule has 1 rings (SSSR count). The molecule has 1 aromatic rings. The molecule has 0 unspecified atom stereocenters. The predicted octanol–water partition coefficient (Wildman–Crippen LogP) is 3.64. The number of hydrogen-bond donors (Lipinski definition) is 1. The molecule has 0 aromatic heterocycles. The SMILES string of the molecule is C[Si](C)(C)/C=C/C(=C/CO)c1ccc(F)cc1. The average Bonchev–Trinajstić information content (AvgIpc) is 2.24. The summed E-state index contributed by atoms with van der Waals surface area (Å²) in [4.78, 5) is 0. The van der Waals surface area contributed by atoms with E-state index in [0.29, 0.717) is 0 Å². The van der Waals surface area contributed by atoms with Crippen LogP contribution in [-0.4, -0.2) is 19.8 Å². The summed E-state index contributed by atoms with van der Waals surface area (Å²) in [6.07, 6.45) is 3.76. The summed E-state index contributed by atoms with van der Waals surface area (Å²) in [5, 5.41) is 9.01. The Morgan fingerprint density at radius 2 is 1.82 bits per heavy atom. The Morgan fingerprint density at radius 3 is 2.29 bits per heavy atom. The molecule has 0 heterocycles. The third-order valence-corrected chi connectivity index (χ3v) is 3.42. The largest absolute Gasteiger partial charge is 0.392 e. The highest BCUT2D eigenvalue weighted by Gasteiger charge is 2.07. The van der Waals surface area contributed by atoms with Gasteiger partial charge in [-0.25, -0.2) is 4.39 Å². The van der Waals surface area contributed by atoms with Crippen molar-refractivity contribution in [2.24, 2.45) is 0 Å². The third kappa shape index (κ3) is 5.11. The fourth-order valence-electron chi connectivity index (χ4n) is 1.36. The molecule has 0 saturated carbocycles. The summed E-state index contributed by atoms with van der Waals surface area (Å²) in [5.41, 5.74) is 4.07. The normalized spacial score (nSPS) is 13.4. The molecule has 3 heteroatoms. The van der Waals surface area contributed by atoms with Gasteiger partial charge in [0.1, 0.15) is 5.82 Å². The molecule has 0 aliphatic rings. The molecule has 92 valence electrons. The van der Waals surface area contributed by atoms with Crippen molar-refractivity contribution in [2.75, 3.05) is 6.61 Å². The van der Waals surface area contributed by atoms with Gasteiger partial charge in [-0.3, -0.25) is 0 Å². The molecule has 0 atom stereocenters.